The Hall–Kier alpha value is -0.240. The Morgan fingerprint density at radius 1 is 1.00 bits per heavy atom. The normalized spacial score (nSPS) is 36.8. The van der Waals surface area contributed by atoms with Crippen LogP contribution in [0.25, 0.3) is 0 Å². The summed E-state index contributed by atoms with van der Waals surface area (Å²) in [6, 6.07) is 0. The minimum absolute atomic E-state index is 0.0337. The average Bonchev–Trinajstić information content (AvgIpc) is 2.53. The highest BCUT2D eigenvalue weighted by Crippen LogP contribution is 2.20. The number of rotatable bonds is 6. The molecule has 0 amide bonds. The molecule has 6 heteroatoms. The lowest BCUT2D eigenvalue weighted by Gasteiger charge is -2.32. The molecule has 1 N–H and O–H groups in total. The molecule has 0 saturated carbocycles. The molecular weight excluding hydrogens is 264 g/mol. The Kier molecular flexibility index (Phi) is 6.67. The molecule has 2 rings (SSSR count). The van der Waals surface area contributed by atoms with Crippen LogP contribution in [-0.2, 0) is 23.7 Å². The van der Waals surface area contributed by atoms with Crippen molar-refractivity contribution in [2.24, 2.45) is 0 Å². The molecule has 0 aliphatic carbocycles. The molecule has 0 spiro atoms. The Morgan fingerprint density at radius 3 is 2.15 bits per heavy atom. The zero-order chi connectivity index (χ0) is 14.4. The maximum atomic E-state index is 9.99. The summed E-state index contributed by atoms with van der Waals surface area (Å²) in [6.45, 7) is 1.50. The van der Waals surface area contributed by atoms with Gasteiger partial charge in [0.05, 0.1) is 38.1 Å². The smallest absolute Gasteiger partial charge is 0.181 e. The molecule has 2 aliphatic rings. The summed E-state index contributed by atoms with van der Waals surface area (Å²) in [5, 5.41) is 9.99. The minimum atomic E-state index is -0.892. The molecule has 2 heterocycles. The third-order valence-corrected chi connectivity index (χ3v) is 4.04. The van der Waals surface area contributed by atoms with Crippen LogP contribution in [0.15, 0.2) is 0 Å². The van der Waals surface area contributed by atoms with E-state index in [1.165, 1.54) is 0 Å². The lowest BCUT2D eigenvalue weighted by Crippen LogP contribution is -2.41. The molecule has 5 unspecified atom stereocenters. The molecule has 0 radical (unpaired) electrons. The summed E-state index contributed by atoms with van der Waals surface area (Å²) < 4.78 is 27.1. The lowest BCUT2D eigenvalue weighted by molar-refractivity contribution is -0.217. The van der Waals surface area contributed by atoms with E-state index in [1.807, 2.05) is 0 Å². The molecule has 20 heavy (non-hydrogen) atoms. The van der Waals surface area contributed by atoms with Gasteiger partial charge in [0.2, 0.25) is 0 Å². The summed E-state index contributed by atoms with van der Waals surface area (Å²) in [4.78, 5) is 0. The maximum absolute atomic E-state index is 9.99. The third-order valence-electron chi connectivity index (χ3n) is 4.04. The average molecular weight is 290 g/mol. The molecule has 2 fully saturated rings. The standard InChI is InChI=1S/C14H26O6/c1-16-10-3-4-12(18-7-10)9-20-14(15)13-6-5-11(17-2)8-19-13/h10-15H,3-9H2,1-2H3. The predicted molar refractivity (Wildman–Crippen MR) is 71.5 cm³/mol. The van der Waals surface area contributed by atoms with Crippen LogP contribution in [-0.4, -0.2) is 69.9 Å². The topological polar surface area (TPSA) is 66.4 Å². The number of aliphatic hydroxyl groups excluding tert-OH is 1. The zero-order valence-electron chi connectivity index (χ0n) is 12.3. The van der Waals surface area contributed by atoms with Gasteiger partial charge in [0.1, 0.15) is 6.10 Å². The van der Waals surface area contributed by atoms with Crippen molar-refractivity contribution in [1.29, 1.82) is 0 Å². The highest BCUT2D eigenvalue weighted by atomic mass is 16.6. The monoisotopic (exact) mass is 290 g/mol. The van der Waals surface area contributed by atoms with Crippen LogP contribution in [0.3, 0.4) is 0 Å². The van der Waals surface area contributed by atoms with E-state index >= 15 is 0 Å². The van der Waals surface area contributed by atoms with Gasteiger partial charge in [0.25, 0.3) is 0 Å². The molecular formula is C14H26O6. The quantitative estimate of drug-likeness (QED) is 0.727. The first-order valence-corrected chi connectivity index (χ1v) is 7.31. The van der Waals surface area contributed by atoms with Crippen LogP contribution >= 0.6 is 0 Å². The zero-order valence-corrected chi connectivity index (χ0v) is 12.3. The third kappa shape index (κ3) is 4.65. The summed E-state index contributed by atoms with van der Waals surface area (Å²) in [6.07, 6.45) is 2.68. The molecule has 0 aromatic heterocycles. The second-order valence-corrected chi connectivity index (χ2v) is 5.42. The van der Waals surface area contributed by atoms with Gasteiger partial charge in [-0.15, -0.1) is 0 Å². The van der Waals surface area contributed by atoms with Crippen molar-refractivity contribution in [1.82, 2.24) is 0 Å². The summed E-state index contributed by atoms with van der Waals surface area (Å²) in [5.74, 6) is 0. The number of hydrogen-bond acceptors (Lipinski definition) is 6. The first-order chi connectivity index (χ1) is 9.72. The molecule has 5 atom stereocenters. The van der Waals surface area contributed by atoms with E-state index in [4.69, 9.17) is 23.7 Å². The summed E-state index contributed by atoms with van der Waals surface area (Å²) >= 11 is 0. The highest BCUT2D eigenvalue weighted by Gasteiger charge is 2.29. The van der Waals surface area contributed by atoms with Gasteiger partial charge in [0.15, 0.2) is 6.29 Å². The maximum Gasteiger partial charge on any atom is 0.181 e. The Labute approximate surface area is 120 Å². The summed E-state index contributed by atoms with van der Waals surface area (Å²) in [5.41, 5.74) is 0. The Balaban J connectivity index is 1.62. The number of aliphatic hydroxyl groups is 1. The molecule has 0 aromatic carbocycles. The number of ether oxygens (including phenoxy) is 5. The van der Waals surface area contributed by atoms with Crippen molar-refractivity contribution < 1.29 is 28.8 Å². The van der Waals surface area contributed by atoms with E-state index in [9.17, 15) is 5.11 Å². The van der Waals surface area contributed by atoms with Crippen molar-refractivity contribution >= 4 is 0 Å². The predicted octanol–water partition coefficient (Wildman–Crippen LogP) is 0.709. The van der Waals surface area contributed by atoms with E-state index in [-0.39, 0.29) is 24.4 Å². The van der Waals surface area contributed by atoms with Crippen molar-refractivity contribution in [3.8, 4) is 0 Å². The van der Waals surface area contributed by atoms with Crippen LogP contribution in [0.5, 0.6) is 0 Å². The summed E-state index contributed by atoms with van der Waals surface area (Å²) in [7, 11) is 3.37. The fraction of sp³-hybridized carbons (Fsp3) is 1.00. The van der Waals surface area contributed by atoms with Gasteiger partial charge < -0.3 is 28.8 Å². The van der Waals surface area contributed by atoms with Gasteiger partial charge >= 0.3 is 0 Å². The SMILES string of the molecule is COC1CCC(COC(O)C2CCC(OC)CO2)OC1. The Morgan fingerprint density at radius 2 is 1.65 bits per heavy atom. The fourth-order valence-electron chi connectivity index (χ4n) is 2.57. The molecule has 6 nitrogen and oxygen atoms in total. The van der Waals surface area contributed by atoms with Crippen LogP contribution in [0.1, 0.15) is 25.7 Å². The first-order valence-electron chi connectivity index (χ1n) is 7.31. The van der Waals surface area contributed by atoms with E-state index in [0.717, 1.165) is 25.7 Å². The largest absolute Gasteiger partial charge is 0.379 e. The van der Waals surface area contributed by atoms with Gasteiger partial charge in [-0.3, -0.25) is 0 Å². The molecule has 0 aromatic rings. The van der Waals surface area contributed by atoms with Gasteiger partial charge in [-0.2, -0.15) is 0 Å². The molecule has 118 valence electrons. The van der Waals surface area contributed by atoms with E-state index in [0.29, 0.717) is 19.8 Å². The van der Waals surface area contributed by atoms with E-state index < -0.39 is 6.29 Å². The first kappa shape index (κ1) is 16.1. The van der Waals surface area contributed by atoms with Gasteiger partial charge in [0, 0.05) is 14.2 Å². The number of hydrogen-bond donors (Lipinski definition) is 1. The van der Waals surface area contributed by atoms with Gasteiger partial charge in [-0.05, 0) is 25.7 Å². The van der Waals surface area contributed by atoms with Crippen molar-refractivity contribution in [3.05, 3.63) is 0 Å². The van der Waals surface area contributed by atoms with Crippen molar-refractivity contribution in [3.63, 3.8) is 0 Å². The lowest BCUT2D eigenvalue weighted by atomic mass is 10.1. The van der Waals surface area contributed by atoms with Crippen LogP contribution in [0, 0.1) is 0 Å². The highest BCUT2D eigenvalue weighted by molar-refractivity contribution is 4.74. The Bertz CT molecular complexity index is 258. The van der Waals surface area contributed by atoms with Crippen molar-refractivity contribution in [2.75, 3.05) is 34.0 Å². The van der Waals surface area contributed by atoms with Gasteiger partial charge in [-0.25, -0.2) is 0 Å². The van der Waals surface area contributed by atoms with Crippen LogP contribution in [0.4, 0.5) is 0 Å². The molecule has 0 bridgehead atoms. The fourth-order valence-corrected chi connectivity index (χ4v) is 2.57. The van der Waals surface area contributed by atoms with Gasteiger partial charge in [-0.1, -0.05) is 0 Å². The van der Waals surface area contributed by atoms with Crippen LogP contribution in [0.2, 0.25) is 0 Å². The second kappa shape index (κ2) is 8.26. The minimum Gasteiger partial charge on any atom is -0.379 e. The number of methoxy groups -OCH3 is 2. The molecule has 2 aliphatic heterocycles. The van der Waals surface area contributed by atoms with E-state index in [2.05, 4.69) is 0 Å². The van der Waals surface area contributed by atoms with Crippen molar-refractivity contribution in [2.45, 2.75) is 56.4 Å². The van der Waals surface area contributed by atoms with E-state index in [1.54, 1.807) is 14.2 Å². The molecule has 2 saturated heterocycles. The van der Waals surface area contributed by atoms with Crippen LogP contribution < -0.4 is 0 Å². The second-order valence-electron chi connectivity index (χ2n) is 5.42.